The first-order chi connectivity index (χ1) is 6.81. The third-order valence-electron chi connectivity index (χ3n) is 2.11. The first-order valence-corrected chi connectivity index (χ1v) is 5.32. The summed E-state index contributed by atoms with van der Waals surface area (Å²) in [7, 11) is 0. The first kappa shape index (κ1) is 12.2. The van der Waals surface area contributed by atoms with Crippen LogP contribution in [0.2, 0.25) is 0 Å². The Labute approximate surface area is 92.6 Å². The second kappa shape index (κ2) is 4.33. The van der Waals surface area contributed by atoms with E-state index in [1.54, 1.807) is 0 Å². The zero-order valence-corrected chi connectivity index (χ0v) is 10.3. The lowest BCUT2D eigenvalue weighted by Gasteiger charge is -2.31. The molecule has 1 aromatic carbocycles. The van der Waals surface area contributed by atoms with Gasteiger partial charge < -0.3 is 0 Å². The molecule has 0 aliphatic carbocycles. The second-order valence-corrected chi connectivity index (χ2v) is 5.31. The van der Waals surface area contributed by atoms with Gasteiger partial charge in [-0.3, -0.25) is 4.84 Å². The highest BCUT2D eigenvalue weighted by molar-refractivity contribution is 5.21. The molecular weight excluding hydrogens is 186 g/mol. The summed E-state index contributed by atoms with van der Waals surface area (Å²) in [5.41, 5.74) is 3.99. The van der Waals surface area contributed by atoms with E-state index in [1.807, 2.05) is 39.0 Å². The Morgan fingerprint density at radius 2 is 1.47 bits per heavy atom. The van der Waals surface area contributed by atoms with Crippen molar-refractivity contribution in [3.05, 3.63) is 35.9 Å². The average molecular weight is 207 g/mol. The minimum atomic E-state index is -0.175. The Bertz CT molecular complexity index is 298. The van der Waals surface area contributed by atoms with Gasteiger partial charge in [0, 0.05) is 0 Å². The molecule has 15 heavy (non-hydrogen) atoms. The van der Waals surface area contributed by atoms with E-state index >= 15 is 0 Å². The SMILES string of the molecule is CC(C)(C)ONC(C)(C)c1ccccc1. The van der Waals surface area contributed by atoms with Crippen molar-refractivity contribution in [2.24, 2.45) is 0 Å². The quantitative estimate of drug-likeness (QED) is 0.768. The molecule has 0 aromatic heterocycles. The van der Waals surface area contributed by atoms with Crippen molar-refractivity contribution in [2.45, 2.75) is 45.8 Å². The maximum Gasteiger partial charge on any atom is 0.0813 e. The van der Waals surface area contributed by atoms with Crippen LogP contribution in [0.3, 0.4) is 0 Å². The van der Waals surface area contributed by atoms with Crippen molar-refractivity contribution >= 4 is 0 Å². The Hall–Kier alpha value is -0.860. The van der Waals surface area contributed by atoms with Gasteiger partial charge >= 0.3 is 0 Å². The molecule has 84 valence electrons. The Morgan fingerprint density at radius 1 is 0.933 bits per heavy atom. The van der Waals surface area contributed by atoms with E-state index < -0.39 is 0 Å². The fourth-order valence-corrected chi connectivity index (χ4v) is 1.19. The number of hydroxylamine groups is 1. The number of hydrogen-bond donors (Lipinski definition) is 1. The minimum absolute atomic E-state index is 0.172. The van der Waals surface area contributed by atoms with Gasteiger partial charge in [0.15, 0.2) is 0 Å². The molecule has 0 aliphatic heterocycles. The van der Waals surface area contributed by atoms with Crippen LogP contribution < -0.4 is 5.48 Å². The predicted molar refractivity (Wildman–Crippen MR) is 63.4 cm³/mol. The van der Waals surface area contributed by atoms with E-state index in [0.717, 1.165) is 0 Å². The van der Waals surface area contributed by atoms with Crippen molar-refractivity contribution in [2.75, 3.05) is 0 Å². The van der Waals surface area contributed by atoms with Gasteiger partial charge in [-0.15, -0.1) is 0 Å². The van der Waals surface area contributed by atoms with E-state index in [-0.39, 0.29) is 11.1 Å². The normalized spacial score (nSPS) is 12.9. The molecule has 1 aromatic rings. The summed E-state index contributed by atoms with van der Waals surface area (Å²) in [6.45, 7) is 10.3. The number of benzene rings is 1. The lowest BCUT2D eigenvalue weighted by atomic mass is 9.96. The Morgan fingerprint density at radius 3 is 1.93 bits per heavy atom. The molecule has 0 unspecified atom stereocenters. The van der Waals surface area contributed by atoms with Crippen LogP contribution in [0.4, 0.5) is 0 Å². The van der Waals surface area contributed by atoms with Crippen LogP contribution >= 0.6 is 0 Å². The third kappa shape index (κ3) is 4.02. The average Bonchev–Trinajstić information content (AvgIpc) is 2.16. The van der Waals surface area contributed by atoms with Crippen LogP contribution in [0.15, 0.2) is 30.3 Å². The fourth-order valence-electron chi connectivity index (χ4n) is 1.19. The summed E-state index contributed by atoms with van der Waals surface area (Å²) in [5, 5.41) is 0. The molecule has 0 fully saturated rings. The van der Waals surface area contributed by atoms with Crippen molar-refractivity contribution in [1.29, 1.82) is 0 Å². The topological polar surface area (TPSA) is 21.3 Å². The number of rotatable bonds is 3. The predicted octanol–water partition coefficient (Wildman–Crippen LogP) is 3.24. The zero-order chi connectivity index (χ0) is 11.5. The molecule has 1 rings (SSSR count). The standard InChI is InChI=1S/C13H21NO/c1-12(2,3)15-14-13(4,5)11-9-7-6-8-10-11/h6-10,14H,1-5H3. The van der Waals surface area contributed by atoms with Crippen LogP contribution in [0.25, 0.3) is 0 Å². The maximum absolute atomic E-state index is 5.60. The van der Waals surface area contributed by atoms with Crippen LogP contribution in [0.1, 0.15) is 40.2 Å². The highest BCUT2D eigenvalue weighted by atomic mass is 16.7. The van der Waals surface area contributed by atoms with Gasteiger partial charge in [0.2, 0.25) is 0 Å². The van der Waals surface area contributed by atoms with Crippen LogP contribution in [-0.4, -0.2) is 5.60 Å². The largest absolute Gasteiger partial charge is 0.295 e. The molecule has 2 heteroatoms. The van der Waals surface area contributed by atoms with Gasteiger partial charge in [0.25, 0.3) is 0 Å². The maximum atomic E-state index is 5.60. The van der Waals surface area contributed by atoms with Gasteiger partial charge in [0.05, 0.1) is 11.1 Å². The molecule has 0 saturated carbocycles. The third-order valence-corrected chi connectivity index (χ3v) is 2.11. The Balaban J connectivity index is 2.68. The van der Waals surface area contributed by atoms with Crippen molar-refractivity contribution in [1.82, 2.24) is 5.48 Å². The lowest BCUT2D eigenvalue weighted by Crippen LogP contribution is -2.41. The Kier molecular flexibility index (Phi) is 3.53. The summed E-state index contributed by atoms with van der Waals surface area (Å²) in [6.07, 6.45) is 0. The summed E-state index contributed by atoms with van der Waals surface area (Å²) in [6, 6.07) is 10.3. The van der Waals surface area contributed by atoms with Crippen molar-refractivity contribution < 1.29 is 4.84 Å². The molecule has 0 bridgehead atoms. The number of hydrogen-bond acceptors (Lipinski definition) is 2. The molecule has 0 saturated heterocycles. The highest BCUT2D eigenvalue weighted by Crippen LogP contribution is 2.20. The van der Waals surface area contributed by atoms with Crippen molar-refractivity contribution in [3.8, 4) is 0 Å². The van der Waals surface area contributed by atoms with Gasteiger partial charge in [-0.05, 0) is 40.2 Å². The molecule has 0 heterocycles. The first-order valence-electron chi connectivity index (χ1n) is 5.32. The summed E-state index contributed by atoms with van der Waals surface area (Å²) in [5.74, 6) is 0. The summed E-state index contributed by atoms with van der Waals surface area (Å²) < 4.78 is 0. The van der Waals surface area contributed by atoms with E-state index in [0.29, 0.717) is 0 Å². The zero-order valence-electron chi connectivity index (χ0n) is 10.3. The van der Waals surface area contributed by atoms with E-state index in [9.17, 15) is 0 Å². The second-order valence-electron chi connectivity index (χ2n) is 5.31. The summed E-state index contributed by atoms with van der Waals surface area (Å²) in [4.78, 5) is 5.60. The van der Waals surface area contributed by atoms with E-state index in [1.165, 1.54) is 5.56 Å². The monoisotopic (exact) mass is 207 g/mol. The van der Waals surface area contributed by atoms with E-state index in [4.69, 9.17) is 4.84 Å². The molecular formula is C13H21NO. The summed E-state index contributed by atoms with van der Waals surface area (Å²) >= 11 is 0. The molecule has 1 N–H and O–H groups in total. The molecule has 2 nitrogen and oxygen atoms in total. The minimum Gasteiger partial charge on any atom is -0.295 e. The van der Waals surface area contributed by atoms with Gasteiger partial charge in [-0.25, -0.2) is 0 Å². The molecule has 0 atom stereocenters. The highest BCUT2D eigenvalue weighted by Gasteiger charge is 2.23. The van der Waals surface area contributed by atoms with Gasteiger partial charge in [0.1, 0.15) is 0 Å². The van der Waals surface area contributed by atoms with Crippen LogP contribution in [0.5, 0.6) is 0 Å². The molecule has 0 radical (unpaired) electrons. The lowest BCUT2D eigenvalue weighted by molar-refractivity contribution is -0.108. The number of nitrogens with one attached hydrogen (secondary N) is 1. The van der Waals surface area contributed by atoms with Gasteiger partial charge in [-0.2, -0.15) is 5.48 Å². The smallest absolute Gasteiger partial charge is 0.0813 e. The molecule has 0 aliphatic rings. The van der Waals surface area contributed by atoms with Gasteiger partial charge in [-0.1, -0.05) is 30.3 Å². The van der Waals surface area contributed by atoms with Crippen molar-refractivity contribution in [3.63, 3.8) is 0 Å². The van der Waals surface area contributed by atoms with Crippen LogP contribution in [-0.2, 0) is 10.4 Å². The van der Waals surface area contributed by atoms with E-state index in [2.05, 4.69) is 31.5 Å². The fraction of sp³-hybridized carbons (Fsp3) is 0.538. The van der Waals surface area contributed by atoms with Crippen LogP contribution in [0, 0.1) is 0 Å². The molecule has 0 spiro atoms. The molecule has 0 amide bonds.